The lowest BCUT2D eigenvalue weighted by molar-refractivity contribution is 0.260. The summed E-state index contributed by atoms with van der Waals surface area (Å²) in [4.78, 5) is 0. The number of hydrogen-bond acceptors (Lipinski definition) is 6. The average molecular weight is 439 g/mol. The summed E-state index contributed by atoms with van der Waals surface area (Å²) in [6, 6.07) is 8.93. The fourth-order valence-electron chi connectivity index (χ4n) is 4.18. The molecule has 6 heteroatoms. The number of benzene rings is 2. The minimum atomic E-state index is 0.239. The molecule has 0 aromatic heterocycles. The molecule has 0 radical (unpaired) electrons. The molecule has 0 amide bonds. The van der Waals surface area contributed by atoms with Crippen LogP contribution >= 0.6 is 0 Å². The number of epoxide rings is 4. The Morgan fingerprint density at radius 2 is 1.00 bits per heavy atom. The molecule has 4 aliphatic rings. The van der Waals surface area contributed by atoms with Crippen LogP contribution in [-0.2, 0) is 31.8 Å². The predicted molar refractivity (Wildman–Crippen MR) is 119 cm³/mol. The molecule has 6 rings (SSSR count). The Morgan fingerprint density at radius 1 is 0.625 bits per heavy atom. The van der Waals surface area contributed by atoms with Crippen LogP contribution in [0.3, 0.4) is 0 Å². The Bertz CT molecular complexity index is 920. The molecule has 0 spiro atoms. The normalized spacial score (nSPS) is 27.2. The van der Waals surface area contributed by atoms with Crippen LogP contribution < -0.4 is 9.47 Å². The maximum Gasteiger partial charge on any atom is 0.123 e. The van der Waals surface area contributed by atoms with Crippen LogP contribution in [-0.4, -0.2) is 64.1 Å². The monoisotopic (exact) mass is 438 g/mol. The van der Waals surface area contributed by atoms with Crippen molar-refractivity contribution in [1.82, 2.24) is 0 Å². The van der Waals surface area contributed by atoms with Crippen molar-refractivity contribution in [3.8, 4) is 22.6 Å². The van der Waals surface area contributed by atoms with Crippen LogP contribution in [0.5, 0.6) is 11.5 Å². The van der Waals surface area contributed by atoms with Gasteiger partial charge in [0.05, 0.1) is 38.6 Å². The molecule has 0 N–H and O–H groups in total. The van der Waals surface area contributed by atoms with Gasteiger partial charge in [0.1, 0.15) is 36.9 Å². The molecule has 0 bridgehead atoms. The van der Waals surface area contributed by atoms with Crippen molar-refractivity contribution in [2.75, 3.05) is 39.6 Å². The van der Waals surface area contributed by atoms with Crippen LogP contribution in [0.25, 0.3) is 11.1 Å². The molecule has 4 aliphatic heterocycles. The largest absolute Gasteiger partial charge is 0.490 e. The second-order valence-electron chi connectivity index (χ2n) is 9.40. The number of rotatable bonds is 11. The highest BCUT2D eigenvalue weighted by atomic mass is 16.6. The minimum absolute atomic E-state index is 0.239. The van der Waals surface area contributed by atoms with Crippen LogP contribution in [0.15, 0.2) is 24.3 Å². The Morgan fingerprint density at radius 3 is 1.34 bits per heavy atom. The zero-order valence-corrected chi connectivity index (χ0v) is 18.7. The lowest BCUT2D eigenvalue weighted by Crippen LogP contribution is -2.09. The van der Waals surface area contributed by atoms with E-state index in [-0.39, 0.29) is 12.2 Å². The molecule has 2 aromatic carbocycles. The topological polar surface area (TPSA) is 68.6 Å². The van der Waals surface area contributed by atoms with Crippen LogP contribution in [0, 0.1) is 13.8 Å². The highest BCUT2D eigenvalue weighted by Crippen LogP contribution is 2.38. The first kappa shape index (κ1) is 20.5. The smallest absolute Gasteiger partial charge is 0.123 e. The third-order valence-electron chi connectivity index (χ3n) is 6.46. The molecule has 0 saturated carbocycles. The van der Waals surface area contributed by atoms with E-state index in [0.29, 0.717) is 25.4 Å². The van der Waals surface area contributed by atoms with Gasteiger partial charge >= 0.3 is 0 Å². The molecule has 4 unspecified atom stereocenters. The van der Waals surface area contributed by atoms with Crippen molar-refractivity contribution < 1.29 is 28.4 Å². The van der Waals surface area contributed by atoms with Crippen molar-refractivity contribution in [1.29, 1.82) is 0 Å². The van der Waals surface area contributed by atoms with E-state index in [9.17, 15) is 0 Å². The predicted octanol–water partition coefficient (Wildman–Crippen LogP) is 3.41. The SMILES string of the molecule is Cc1cc(OCC2CO2)c(CC2CO2)cc1-c1cc(CC2CO2)c(OCC2CO2)cc1C. The van der Waals surface area contributed by atoms with Gasteiger partial charge in [-0.1, -0.05) is 0 Å². The third-order valence-corrected chi connectivity index (χ3v) is 6.46. The summed E-state index contributed by atoms with van der Waals surface area (Å²) in [6.07, 6.45) is 2.83. The number of aryl methyl sites for hydroxylation is 2. The van der Waals surface area contributed by atoms with E-state index in [1.807, 2.05) is 0 Å². The van der Waals surface area contributed by atoms with Crippen LogP contribution in [0.2, 0.25) is 0 Å². The van der Waals surface area contributed by atoms with Crippen molar-refractivity contribution in [2.24, 2.45) is 0 Å². The van der Waals surface area contributed by atoms with Gasteiger partial charge in [0.15, 0.2) is 0 Å². The van der Waals surface area contributed by atoms with Crippen molar-refractivity contribution in [3.63, 3.8) is 0 Å². The second kappa shape index (κ2) is 8.34. The summed E-state index contributed by atoms with van der Waals surface area (Å²) in [5.74, 6) is 1.90. The van der Waals surface area contributed by atoms with Crippen molar-refractivity contribution in [2.45, 2.75) is 51.1 Å². The molecule has 2 aromatic rings. The highest BCUT2D eigenvalue weighted by Gasteiger charge is 2.29. The lowest BCUT2D eigenvalue weighted by Gasteiger charge is -2.19. The summed E-state index contributed by atoms with van der Waals surface area (Å²) in [6.45, 7) is 8.79. The minimum Gasteiger partial charge on any atom is -0.490 e. The molecular formula is C26H30O6. The molecule has 4 saturated heterocycles. The maximum absolute atomic E-state index is 6.13. The second-order valence-corrected chi connectivity index (χ2v) is 9.40. The molecule has 6 nitrogen and oxygen atoms in total. The summed E-state index contributed by atoms with van der Waals surface area (Å²) >= 11 is 0. The maximum atomic E-state index is 6.13. The molecule has 4 heterocycles. The van der Waals surface area contributed by atoms with E-state index >= 15 is 0 Å². The highest BCUT2D eigenvalue weighted by molar-refractivity contribution is 5.74. The van der Waals surface area contributed by atoms with Crippen molar-refractivity contribution >= 4 is 0 Å². The first-order chi connectivity index (χ1) is 15.6. The van der Waals surface area contributed by atoms with Gasteiger partial charge in [-0.3, -0.25) is 0 Å². The summed E-state index contributed by atoms with van der Waals surface area (Å²) < 4.78 is 33.9. The Balaban J connectivity index is 1.33. The van der Waals surface area contributed by atoms with E-state index < -0.39 is 0 Å². The van der Waals surface area contributed by atoms with Gasteiger partial charge in [-0.05, 0) is 71.5 Å². The summed E-state index contributed by atoms with van der Waals surface area (Å²) in [5, 5.41) is 0. The Hall–Kier alpha value is -2.12. The van der Waals surface area contributed by atoms with Gasteiger partial charge < -0.3 is 28.4 Å². The molecule has 170 valence electrons. The standard InChI is InChI=1S/C26H30O6/c1-15-3-25(31-13-21-11-29-21)17(5-19-9-27-19)7-23(15)24-8-18(6-20-10-28-20)26(4-16(24)2)32-14-22-12-30-22/h3-4,7-8,19-22H,5-6,9-14H2,1-2H3. The molecule has 0 aliphatic carbocycles. The first-order valence-electron chi connectivity index (χ1n) is 11.6. The van der Waals surface area contributed by atoms with E-state index in [1.54, 1.807) is 0 Å². The van der Waals surface area contributed by atoms with E-state index in [1.165, 1.54) is 33.4 Å². The zero-order chi connectivity index (χ0) is 21.7. The molecule has 32 heavy (non-hydrogen) atoms. The van der Waals surface area contributed by atoms with Crippen LogP contribution in [0.1, 0.15) is 22.3 Å². The van der Waals surface area contributed by atoms with Gasteiger partial charge in [0.25, 0.3) is 0 Å². The van der Waals surface area contributed by atoms with Gasteiger partial charge in [-0.15, -0.1) is 0 Å². The molecule has 4 atom stereocenters. The summed E-state index contributed by atoms with van der Waals surface area (Å²) in [7, 11) is 0. The van der Waals surface area contributed by atoms with Crippen LogP contribution in [0.4, 0.5) is 0 Å². The fourth-order valence-corrected chi connectivity index (χ4v) is 4.18. The van der Waals surface area contributed by atoms with Gasteiger partial charge in [0.2, 0.25) is 0 Å². The fraction of sp³-hybridized carbons (Fsp3) is 0.538. The molecular weight excluding hydrogens is 408 g/mol. The third kappa shape index (κ3) is 4.94. The lowest BCUT2D eigenvalue weighted by atomic mass is 9.90. The summed E-state index contributed by atoms with van der Waals surface area (Å²) in [5.41, 5.74) is 7.28. The first-order valence-corrected chi connectivity index (χ1v) is 11.6. The number of ether oxygens (including phenoxy) is 6. The quantitative estimate of drug-likeness (QED) is 0.501. The Labute approximate surface area is 188 Å². The Kier molecular flexibility index (Phi) is 5.34. The van der Waals surface area contributed by atoms with Gasteiger partial charge in [-0.25, -0.2) is 0 Å². The average Bonchev–Trinajstić information content (AvgIpc) is 3.62. The van der Waals surface area contributed by atoms with E-state index in [0.717, 1.165) is 50.8 Å². The molecule has 4 fully saturated rings. The van der Waals surface area contributed by atoms with Gasteiger partial charge in [-0.2, -0.15) is 0 Å². The number of hydrogen-bond donors (Lipinski definition) is 0. The van der Waals surface area contributed by atoms with Gasteiger partial charge in [0, 0.05) is 12.8 Å². The van der Waals surface area contributed by atoms with Crippen molar-refractivity contribution in [3.05, 3.63) is 46.5 Å². The zero-order valence-electron chi connectivity index (χ0n) is 18.7. The van der Waals surface area contributed by atoms with E-state index in [2.05, 4.69) is 38.1 Å². The van der Waals surface area contributed by atoms with E-state index in [4.69, 9.17) is 28.4 Å².